The van der Waals surface area contributed by atoms with Gasteiger partial charge in [-0.3, -0.25) is 9.78 Å². The lowest BCUT2D eigenvalue weighted by Gasteiger charge is -2.33. The fraction of sp³-hybridized carbons (Fsp3) is 0.348. The van der Waals surface area contributed by atoms with E-state index in [2.05, 4.69) is 15.5 Å². The van der Waals surface area contributed by atoms with Crippen molar-refractivity contribution < 1.29 is 23.9 Å². The molecule has 8 nitrogen and oxygen atoms in total. The van der Waals surface area contributed by atoms with Gasteiger partial charge in [-0.15, -0.1) is 0 Å². The predicted molar refractivity (Wildman–Crippen MR) is 112 cm³/mol. The van der Waals surface area contributed by atoms with E-state index < -0.39 is 12.2 Å². The summed E-state index contributed by atoms with van der Waals surface area (Å²) in [5.74, 6) is 0.969. The zero-order valence-corrected chi connectivity index (χ0v) is 17.0. The van der Waals surface area contributed by atoms with Gasteiger partial charge < -0.3 is 24.4 Å². The first kappa shape index (κ1) is 21.0. The minimum atomic E-state index is -0.631. The number of nitrogens with zero attached hydrogens (tertiary/aromatic N) is 2. The molecule has 4 rings (SSSR count). The lowest BCUT2D eigenvalue weighted by Crippen LogP contribution is -2.47. The molecular formula is C23H25N3O5. The van der Waals surface area contributed by atoms with Crippen LogP contribution in [0.25, 0.3) is 11.5 Å². The van der Waals surface area contributed by atoms with E-state index in [1.54, 1.807) is 18.3 Å². The van der Waals surface area contributed by atoms with Gasteiger partial charge in [0.05, 0.1) is 17.9 Å². The molecule has 0 saturated carbocycles. The summed E-state index contributed by atoms with van der Waals surface area (Å²) in [6.45, 7) is 0.123. The normalized spacial score (nSPS) is 20.9. The number of aliphatic hydroxyl groups excluding tert-OH is 1. The minimum Gasteiger partial charge on any atom is -0.484 e. The van der Waals surface area contributed by atoms with Gasteiger partial charge in [0.25, 0.3) is 5.91 Å². The molecule has 1 aliphatic rings. The van der Waals surface area contributed by atoms with Crippen molar-refractivity contribution >= 4 is 5.91 Å². The third kappa shape index (κ3) is 5.90. The highest BCUT2D eigenvalue weighted by molar-refractivity contribution is 5.77. The highest BCUT2D eigenvalue weighted by Gasteiger charge is 2.31. The topological polar surface area (TPSA) is 107 Å². The summed E-state index contributed by atoms with van der Waals surface area (Å²) < 4.78 is 16.9. The van der Waals surface area contributed by atoms with Crippen LogP contribution in [0, 0.1) is 0 Å². The molecule has 31 heavy (non-hydrogen) atoms. The van der Waals surface area contributed by atoms with Gasteiger partial charge in [-0.2, -0.15) is 0 Å². The van der Waals surface area contributed by atoms with Crippen molar-refractivity contribution in [2.45, 2.75) is 37.6 Å². The molecule has 0 bridgehead atoms. The molecule has 8 heteroatoms. The van der Waals surface area contributed by atoms with Crippen LogP contribution in [0.5, 0.6) is 5.75 Å². The molecule has 2 aromatic heterocycles. The van der Waals surface area contributed by atoms with E-state index in [9.17, 15) is 9.90 Å². The molecule has 3 aromatic rings. The Kier molecular flexibility index (Phi) is 6.91. The molecule has 1 saturated heterocycles. The summed E-state index contributed by atoms with van der Waals surface area (Å²) in [7, 11) is 0. The average Bonchev–Trinajstić information content (AvgIpc) is 3.28. The Morgan fingerprint density at radius 3 is 2.81 bits per heavy atom. The van der Waals surface area contributed by atoms with Crippen molar-refractivity contribution in [1.82, 2.24) is 15.5 Å². The number of ether oxygens (including phenoxy) is 2. The number of aliphatic hydroxyl groups is 1. The molecule has 0 aliphatic carbocycles. The van der Waals surface area contributed by atoms with Crippen LogP contribution in [-0.4, -0.2) is 52.6 Å². The van der Waals surface area contributed by atoms with Crippen molar-refractivity contribution in [2.75, 3.05) is 13.2 Å². The molecule has 0 radical (unpaired) electrons. The second kappa shape index (κ2) is 10.2. The first-order valence-corrected chi connectivity index (χ1v) is 10.3. The Hall–Kier alpha value is -3.23. The molecule has 2 N–H and O–H groups in total. The number of pyridine rings is 1. The van der Waals surface area contributed by atoms with Gasteiger partial charge in [-0.25, -0.2) is 0 Å². The maximum absolute atomic E-state index is 12.1. The van der Waals surface area contributed by atoms with Crippen LogP contribution in [0.15, 0.2) is 65.3 Å². The van der Waals surface area contributed by atoms with Gasteiger partial charge in [-0.05, 0) is 37.1 Å². The number of hydrogen-bond donors (Lipinski definition) is 2. The Bertz CT molecular complexity index is 964. The first-order chi connectivity index (χ1) is 15.2. The lowest BCUT2D eigenvalue weighted by atomic mass is 9.98. The molecule has 1 amide bonds. The summed E-state index contributed by atoms with van der Waals surface area (Å²) in [4.78, 5) is 16.3. The highest BCUT2D eigenvalue weighted by Crippen LogP contribution is 2.24. The van der Waals surface area contributed by atoms with Crippen LogP contribution in [0.2, 0.25) is 0 Å². The van der Waals surface area contributed by atoms with Gasteiger partial charge in [0.15, 0.2) is 12.4 Å². The summed E-state index contributed by atoms with van der Waals surface area (Å²) in [5.41, 5.74) is 1.49. The Labute approximate surface area is 180 Å². The monoisotopic (exact) mass is 423 g/mol. The number of carbonyl (C=O) groups is 1. The molecule has 0 spiro atoms. The standard InChI is InChI=1S/C23H25N3O5/c27-20-10-9-18(12-16-13-21(31-26-16)19-8-4-5-11-24-19)30-22(20)14-25-23(28)15-29-17-6-2-1-3-7-17/h1-8,11,13,18,20,22,27H,9-10,12,14-15H2,(H,25,28)/t18-,20-,22+/m0/s1. The molecule has 3 heterocycles. The lowest BCUT2D eigenvalue weighted by molar-refractivity contribution is -0.130. The van der Waals surface area contributed by atoms with E-state index in [0.29, 0.717) is 30.8 Å². The van der Waals surface area contributed by atoms with Crippen molar-refractivity contribution in [2.24, 2.45) is 0 Å². The van der Waals surface area contributed by atoms with Gasteiger partial charge in [-0.1, -0.05) is 29.4 Å². The quantitative estimate of drug-likeness (QED) is 0.573. The maximum Gasteiger partial charge on any atom is 0.258 e. The summed E-state index contributed by atoms with van der Waals surface area (Å²) >= 11 is 0. The SMILES string of the molecule is O=C(COc1ccccc1)NC[C@H]1O[C@H](Cc2cc(-c3ccccn3)on2)CC[C@@H]1O. The van der Waals surface area contributed by atoms with Crippen molar-refractivity contribution in [3.8, 4) is 17.2 Å². The van der Waals surface area contributed by atoms with E-state index in [-0.39, 0.29) is 25.2 Å². The molecular weight excluding hydrogens is 398 g/mol. The van der Waals surface area contributed by atoms with Gasteiger partial charge in [0.1, 0.15) is 17.5 Å². The zero-order chi connectivity index (χ0) is 21.5. The van der Waals surface area contributed by atoms with Crippen LogP contribution >= 0.6 is 0 Å². The van der Waals surface area contributed by atoms with E-state index in [0.717, 1.165) is 11.4 Å². The molecule has 1 fully saturated rings. The number of aromatic nitrogens is 2. The molecule has 0 unspecified atom stereocenters. The van der Waals surface area contributed by atoms with Crippen LogP contribution in [0.4, 0.5) is 0 Å². The second-order valence-corrected chi connectivity index (χ2v) is 7.45. The molecule has 1 aliphatic heterocycles. The van der Waals surface area contributed by atoms with E-state index in [4.69, 9.17) is 14.0 Å². The van der Waals surface area contributed by atoms with E-state index in [1.165, 1.54) is 0 Å². The van der Waals surface area contributed by atoms with Crippen LogP contribution in [0.3, 0.4) is 0 Å². The van der Waals surface area contributed by atoms with Crippen molar-refractivity contribution in [3.63, 3.8) is 0 Å². The number of para-hydroxylation sites is 1. The number of amides is 1. The number of carbonyl (C=O) groups excluding carboxylic acids is 1. The fourth-order valence-electron chi connectivity index (χ4n) is 3.48. The molecule has 3 atom stereocenters. The molecule has 1 aromatic carbocycles. The smallest absolute Gasteiger partial charge is 0.258 e. The van der Waals surface area contributed by atoms with E-state index in [1.807, 2.05) is 42.5 Å². The predicted octanol–water partition coefficient (Wildman–Crippen LogP) is 2.38. The van der Waals surface area contributed by atoms with Crippen LogP contribution in [0.1, 0.15) is 18.5 Å². The third-order valence-electron chi connectivity index (χ3n) is 5.11. The largest absolute Gasteiger partial charge is 0.484 e. The number of hydrogen-bond acceptors (Lipinski definition) is 7. The first-order valence-electron chi connectivity index (χ1n) is 10.3. The summed E-state index contributed by atoms with van der Waals surface area (Å²) in [6.07, 6.45) is 2.32. The molecule has 162 valence electrons. The van der Waals surface area contributed by atoms with Gasteiger partial charge in [0.2, 0.25) is 0 Å². The van der Waals surface area contributed by atoms with Gasteiger partial charge >= 0.3 is 0 Å². The van der Waals surface area contributed by atoms with Crippen LogP contribution in [-0.2, 0) is 16.0 Å². The van der Waals surface area contributed by atoms with Crippen molar-refractivity contribution in [3.05, 3.63) is 66.5 Å². The van der Waals surface area contributed by atoms with Crippen LogP contribution < -0.4 is 10.1 Å². The Morgan fingerprint density at radius 2 is 2.00 bits per heavy atom. The fourth-order valence-corrected chi connectivity index (χ4v) is 3.48. The Balaban J connectivity index is 1.25. The third-order valence-corrected chi connectivity index (χ3v) is 5.11. The van der Waals surface area contributed by atoms with Crippen molar-refractivity contribution in [1.29, 1.82) is 0 Å². The Morgan fingerprint density at radius 1 is 1.16 bits per heavy atom. The van der Waals surface area contributed by atoms with Gasteiger partial charge in [0, 0.05) is 25.2 Å². The number of nitrogens with one attached hydrogen (secondary N) is 1. The zero-order valence-electron chi connectivity index (χ0n) is 17.0. The number of rotatable bonds is 8. The minimum absolute atomic E-state index is 0.0918. The second-order valence-electron chi connectivity index (χ2n) is 7.45. The number of benzene rings is 1. The average molecular weight is 423 g/mol. The summed E-state index contributed by atoms with van der Waals surface area (Å²) in [5, 5.41) is 17.2. The van der Waals surface area contributed by atoms with E-state index >= 15 is 0 Å². The highest BCUT2D eigenvalue weighted by atomic mass is 16.5. The maximum atomic E-state index is 12.1. The summed E-state index contributed by atoms with van der Waals surface area (Å²) in [6, 6.07) is 16.6.